The molecule has 1 unspecified atom stereocenters. The topological polar surface area (TPSA) is 57.6 Å². The maximum atomic E-state index is 12.0. The van der Waals surface area contributed by atoms with Crippen LogP contribution in [0.2, 0.25) is 0 Å². The summed E-state index contributed by atoms with van der Waals surface area (Å²) in [7, 11) is 0. The maximum Gasteiger partial charge on any atom is 0.316 e. The van der Waals surface area contributed by atoms with E-state index in [2.05, 4.69) is 47.8 Å². The summed E-state index contributed by atoms with van der Waals surface area (Å²) in [6.45, 7) is 0.411. The van der Waals surface area contributed by atoms with Crippen molar-refractivity contribution in [2.45, 2.75) is 6.42 Å². The van der Waals surface area contributed by atoms with Crippen molar-refractivity contribution >= 4 is 65.4 Å². The van der Waals surface area contributed by atoms with Crippen LogP contribution in [0.25, 0.3) is 0 Å². The van der Waals surface area contributed by atoms with Crippen LogP contribution in [0.4, 0.5) is 5.69 Å². The Labute approximate surface area is 129 Å². The monoisotopic (exact) mass is 439 g/mol. The van der Waals surface area contributed by atoms with Crippen LogP contribution in [-0.2, 0) is 9.59 Å². The SMILES string of the molecule is O=C(O)C1CCN(c2c(Br)cc(Br)cc2Br)C1=O. The van der Waals surface area contributed by atoms with Gasteiger partial charge in [-0.05, 0) is 50.4 Å². The van der Waals surface area contributed by atoms with Crippen molar-refractivity contribution in [3.05, 3.63) is 25.6 Å². The summed E-state index contributed by atoms with van der Waals surface area (Å²) in [6.07, 6.45) is 0.336. The number of carbonyl (C=O) groups is 2. The van der Waals surface area contributed by atoms with E-state index in [1.165, 1.54) is 4.90 Å². The maximum absolute atomic E-state index is 12.0. The highest BCUT2D eigenvalue weighted by molar-refractivity contribution is 9.11. The number of rotatable bonds is 2. The fraction of sp³-hybridized carbons (Fsp3) is 0.273. The molecular formula is C11H8Br3NO3. The van der Waals surface area contributed by atoms with Crippen molar-refractivity contribution < 1.29 is 14.7 Å². The molecule has 18 heavy (non-hydrogen) atoms. The molecule has 1 aromatic rings. The van der Waals surface area contributed by atoms with Crippen molar-refractivity contribution in [3.8, 4) is 0 Å². The van der Waals surface area contributed by atoms with Gasteiger partial charge in [0.15, 0.2) is 0 Å². The minimum atomic E-state index is -1.06. The second kappa shape index (κ2) is 5.30. The average Bonchev–Trinajstić information content (AvgIpc) is 2.59. The Hall–Kier alpha value is -0.400. The molecule has 1 aromatic carbocycles. The van der Waals surface area contributed by atoms with Crippen LogP contribution in [-0.4, -0.2) is 23.5 Å². The van der Waals surface area contributed by atoms with E-state index in [0.717, 1.165) is 13.4 Å². The van der Waals surface area contributed by atoms with Crippen LogP contribution >= 0.6 is 47.8 Å². The predicted octanol–water partition coefficient (Wildman–Crippen LogP) is 3.41. The Morgan fingerprint density at radius 2 is 1.83 bits per heavy atom. The molecule has 1 N–H and O–H groups in total. The summed E-state index contributed by atoms with van der Waals surface area (Å²) >= 11 is 10.1. The molecule has 1 fully saturated rings. The molecule has 4 nitrogen and oxygen atoms in total. The number of carboxylic acid groups (broad SMARTS) is 1. The van der Waals surface area contributed by atoms with Gasteiger partial charge in [-0.2, -0.15) is 0 Å². The van der Waals surface area contributed by atoms with E-state index < -0.39 is 11.9 Å². The third-order valence-electron chi connectivity index (χ3n) is 2.76. The van der Waals surface area contributed by atoms with Crippen molar-refractivity contribution in [1.82, 2.24) is 0 Å². The van der Waals surface area contributed by atoms with E-state index in [0.29, 0.717) is 18.7 Å². The van der Waals surface area contributed by atoms with Crippen LogP contribution in [0.1, 0.15) is 6.42 Å². The lowest BCUT2D eigenvalue weighted by Gasteiger charge is -2.20. The van der Waals surface area contributed by atoms with E-state index in [-0.39, 0.29) is 5.91 Å². The number of hydrogen-bond acceptors (Lipinski definition) is 2. The van der Waals surface area contributed by atoms with E-state index >= 15 is 0 Å². The van der Waals surface area contributed by atoms with Gasteiger partial charge in [0.25, 0.3) is 0 Å². The average molecular weight is 442 g/mol. The number of carbonyl (C=O) groups excluding carboxylic acids is 1. The molecule has 0 aromatic heterocycles. The third kappa shape index (κ3) is 2.48. The van der Waals surface area contributed by atoms with Crippen molar-refractivity contribution in [3.63, 3.8) is 0 Å². The first-order valence-electron chi connectivity index (χ1n) is 5.10. The highest BCUT2D eigenvalue weighted by Gasteiger charge is 2.38. The number of carboxylic acids is 1. The molecule has 1 amide bonds. The fourth-order valence-electron chi connectivity index (χ4n) is 1.92. The van der Waals surface area contributed by atoms with Crippen LogP contribution in [0.5, 0.6) is 0 Å². The molecule has 96 valence electrons. The molecule has 0 aliphatic carbocycles. The number of halogens is 3. The molecule has 7 heteroatoms. The van der Waals surface area contributed by atoms with Crippen LogP contribution in [0.3, 0.4) is 0 Å². The molecule has 0 radical (unpaired) electrons. The first-order chi connectivity index (χ1) is 8.41. The Balaban J connectivity index is 2.40. The molecule has 2 rings (SSSR count). The summed E-state index contributed by atoms with van der Waals surface area (Å²) < 4.78 is 2.35. The molecular weight excluding hydrogens is 434 g/mol. The molecule has 1 aliphatic rings. The molecule has 1 heterocycles. The number of benzene rings is 1. The molecule has 0 spiro atoms. The van der Waals surface area contributed by atoms with Crippen molar-refractivity contribution in [2.75, 3.05) is 11.4 Å². The van der Waals surface area contributed by atoms with Crippen molar-refractivity contribution in [1.29, 1.82) is 0 Å². The number of amides is 1. The Kier molecular flexibility index (Phi) is 4.13. The number of nitrogens with zero attached hydrogens (tertiary/aromatic N) is 1. The normalized spacial score (nSPS) is 19.4. The van der Waals surface area contributed by atoms with E-state index in [4.69, 9.17) is 5.11 Å². The molecule has 0 bridgehead atoms. The standard InChI is InChI=1S/C11H8Br3NO3/c12-5-3-7(13)9(8(14)4-5)15-2-1-6(10(15)16)11(17)18/h3-4,6H,1-2H2,(H,17,18). The second-order valence-corrected chi connectivity index (χ2v) is 6.51. The first kappa shape index (κ1) is 14.0. The van der Waals surface area contributed by atoms with Crippen molar-refractivity contribution in [2.24, 2.45) is 5.92 Å². The van der Waals surface area contributed by atoms with Crippen LogP contribution < -0.4 is 4.90 Å². The molecule has 1 atom stereocenters. The zero-order valence-electron chi connectivity index (χ0n) is 8.99. The number of aliphatic carboxylic acids is 1. The molecule has 0 saturated carbocycles. The summed E-state index contributed by atoms with van der Waals surface area (Å²) in [4.78, 5) is 24.5. The zero-order chi connectivity index (χ0) is 13.4. The zero-order valence-corrected chi connectivity index (χ0v) is 13.7. The van der Waals surface area contributed by atoms with Gasteiger partial charge in [0.05, 0.1) is 5.69 Å². The minimum Gasteiger partial charge on any atom is -0.481 e. The van der Waals surface area contributed by atoms with Crippen LogP contribution in [0, 0.1) is 5.92 Å². The fourth-order valence-corrected chi connectivity index (χ4v) is 4.61. The second-order valence-electron chi connectivity index (χ2n) is 3.89. The van der Waals surface area contributed by atoms with Gasteiger partial charge >= 0.3 is 5.97 Å². The first-order valence-corrected chi connectivity index (χ1v) is 7.48. The highest BCUT2D eigenvalue weighted by Crippen LogP contribution is 2.39. The summed E-state index contributed by atoms with van der Waals surface area (Å²) in [5.74, 6) is -2.37. The quantitative estimate of drug-likeness (QED) is 0.715. The van der Waals surface area contributed by atoms with E-state index in [1.54, 1.807) is 0 Å². The lowest BCUT2D eigenvalue weighted by atomic mass is 10.1. The van der Waals surface area contributed by atoms with Gasteiger partial charge in [0, 0.05) is 20.0 Å². The Morgan fingerprint density at radius 1 is 1.28 bits per heavy atom. The van der Waals surface area contributed by atoms with Gasteiger partial charge in [-0.3, -0.25) is 9.59 Å². The van der Waals surface area contributed by atoms with Gasteiger partial charge in [0.2, 0.25) is 5.91 Å². The number of hydrogen-bond donors (Lipinski definition) is 1. The summed E-state index contributed by atoms with van der Waals surface area (Å²) in [5.41, 5.74) is 0.673. The van der Waals surface area contributed by atoms with Crippen LogP contribution in [0.15, 0.2) is 25.6 Å². The smallest absolute Gasteiger partial charge is 0.316 e. The molecule has 1 saturated heterocycles. The minimum absolute atomic E-state index is 0.336. The van der Waals surface area contributed by atoms with Gasteiger partial charge < -0.3 is 10.0 Å². The largest absolute Gasteiger partial charge is 0.481 e. The number of anilines is 1. The Morgan fingerprint density at radius 3 is 2.28 bits per heavy atom. The predicted molar refractivity (Wildman–Crippen MR) is 77.6 cm³/mol. The molecule has 1 aliphatic heterocycles. The van der Waals surface area contributed by atoms with Gasteiger partial charge in [0.1, 0.15) is 5.92 Å². The lowest BCUT2D eigenvalue weighted by molar-refractivity contribution is -0.144. The third-order valence-corrected chi connectivity index (χ3v) is 4.42. The van der Waals surface area contributed by atoms with E-state index in [9.17, 15) is 9.59 Å². The lowest BCUT2D eigenvalue weighted by Crippen LogP contribution is -2.30. The Bertz CT molecular complexity index is 509. The van der Waals surface area contributed by atoms with Gasteiger partial charge in [-0.25, -0.2) is 0 Å². The van der Waals surface area contributed by atoms with Gasteiger partial charge in [-0.15, -0.1) is 0 Å². The highest BCUT2D eigenvalue weighted by atomic mass is 79.9. The van der Waals surface area contributed by atoms with Gasteiger partial charge in [-0.1, -0.05) is 15.9 Å². The summed E-state index contributed by atoms with van der Waals surface area (Å²) in [5, 5.41) is 8.95. The summed E-state index contributed by atoms with van der Waals surface area (Å²) in [6, 6.07) is 3.64. The van der Waals surface area contributed by atoms with E-state index in [1.807, 2.05) is 12.1 Å².